The lowest BCUT2D eigenvalue weighted by molar-refractivity contribution is 0.119. The fourth-order valence-corrected chi connectivity index (χ4v) is 5.57. The number of hydrogen-bond donors (Lipinski definition) is 3. The topological polar surface area (TPSA) is 85.8 Å². The average Bonchev–Trinajstić information content (AvgIpc) is 2.67. The zero-order chi connectivity index (χ0) is 19.8. The van der Waals surface area contributed by atoms with Crippen LogP contribution in [0.25, 0.3) is 0 Å². The first-order valence-corrected chi connectivity index (χ1v) is 12.9. The van der Waals surface area contributed by atoms with Crippen LogP contribution in [0.5, 0.6) is 0 Å². The Balaban J connectivity index is 1.32. The van der Waals surface area contributed by atoms with Crippen molar-refractivity contribution in [3.63, 3.8) is 0 Å². The fourth-order valence-electron chi connectivity index (χ4n) is 4.56. The Labute approximate surface area is 171 Å². The molecule has 1 aliphatic heterocycles. The SMILES string of the molecule is CN=C(NCCS(=O)(=O)NCC1CCC1)NC1CCN(C2CCCCC2)CC1. The highest BCUT2D eigenvalue weighted by Crippen LogP contribution is 2.26. The monoisotopic (exact) mass is 413 g/mol. The zero-order valence-corrected chi connectivity index (χ0v) is 18.3. The van der Waals surface area contributed by atoms with Crippen LogP contribution in [-0.4, -0.2) is 70.3 Å². The largest absolute Gasteiger partial charge is 0.355 e. The molecule has 3 rings (SSSR count). The molecule has 0 bridgehead atoms. The van der Waals surface area contributed by atoms with Crippen LogP contribution in [0, 0.1) is 5.92 Å². The molecule has 162 valence electrons. The van der Waals surface area contributed by atoms with Crippen molar-refractivity contribution in [2.45, 2.75) is 76.3 Å². The van der Waals surface area contributed by atoms with Gasteiger partial charge in [0.25, 0.3) is 0 Å². The van der Waals surface area contributed by atoms with Crippen LogP contribution < -0.4 is 15.4 Å². The second kappa shape index (κ2) is 10.8. The van der Waals surface area contributed by atoms with Crippen LogP contribution in [0.1, 0.15) is 64.2 Å². The number of nitrogens with zero attached hydrogens (tertiary/aromatic N) is 2. The molecule has 2 saturated carbocycles. The molecule has 7 nitrogen and oxygen atoms in total. The molecule has 3 aliphatic rings. The zero-order valence-electron chi connectivity index (χ0n) is 17.5. The summed E-state index contributed by atoms with van der Waals surface area (Å²) >= 11 is 0. The molecule has 0 atom stereocenters. The normalized spacial score (nSPS) is 24.1. The van der Waals surface area contributed by atoms with Gasteiger partial charge < -0.3 is 15.5 Å². The van der Waals surface area contributed by atoms with Gasteiger partial charge in [-0.2, -0.15) is 0 Å². The van der Waals surface area contributed by atoms with E-state index in [4.69, 9.17) is 0 Å². The summed E-state index contributed by atoms with van der Waals surface area (Å²) in [6, 6.07) is 1.21. The number of aliphatic imine (C=N–C) groups is 1. The lowest BCUT2D eigenvalue weighted by atomic mass is 9.86. The first-order chi connectivity index (χ1) is 13.6. The number of nitrogens with one attached hydrogen (secondary N) is 3. The van der Waals surface area contributed by atoms with Gasteiger partial charge in [-0.15, -0.1) is 0 Å². The molecule has 0 aromatic carbocycles. The van der Waals surface area contributed by atoms with E-state index in [-0.39, 0.29) is 5.75 Å². The quantitative estimate of drug-likeness (QED) is 0.416. The number of hydrogen-bond acceptors (Lipinski definition) is 4. The molecule has 2 aliphatic carbocycles. The fraction of sp³-hybridized carbons (Fsp3) is 0.950. The van der Waals surface area contributed by atoms with E-state index in [2.05, 4.69) is 25.2 Å². The average molecular weight is 414 g/mol. The van der Waals surface area contributed by atoms with Crippen molar-refractivity contribution in [1.29, 1.82) is 0 Å². The van der Waals surface area contributed by atoms with E-state index in [0.29, 0.717) is 31.0 Å². The van der Waals surface area contributed by atoms with Crippen LogP contribution in [0.2, 0.25) is 0 Å². The molecule has 0 amide bonds. The molecule has 0 aromatic heterocycles. The Morgan fingerprint density at radius 2 is 1.71 bits per heavy atom. The van der Waals surface area contributed by atoms with E-state index in [1.54, 1.807) is 7.05 Å². The number of piperidine rings is 1. The first-order valence-electron chi connectivity index (χ1n) is 11.2. The van der Waals surface area contributed by atoms with Crippen molar-refractivity contribution < 1.29 is 8.42 Å². The van der Waals surface area contributed by atoms with Crippen molar-refractivity contribution in [1.82, 2.24) is 20.3 Å². The summed E-state index contributed by atoms with van der Waals surface area (Å²) in [5.74, 6) is 1.34. The number of rotatable bonds is 8. The van der Waals surface area contributed by atoms with Gasteiger partial charge >= 0.3 is 0 Å². The summed E-state index contributed by atoms with van der Waals surface area (Å²) in [5, 5.41) is 6.65. The minimum atomic E-state index is -3.21. The molecule has 3 fully saturated rings. The maximum Gasteiger partial charge on any atom is 0.213 e. The predicted octanol–water partition coefficient (Wildman–Crippen LogP) is 1.67. The van der Waals surface area contributed by atoms with E-state index >= 15 is 0 Å². The summed E-state index contributed by atoms with van der Waals surface area (Å²) in [6.45, 7) is 3.27. The molecule has 0 unspecified atom stereocenters. The van der Waals surface area contributed by atoms with Crippen molar-refractivity contribution in [3.8, 4) is 0 Å². The minimum Gasteiger partial charge on any atom is -0.355 e. The summed E-state index contributed by atoms with van der Waals surface area (Å²) in [6.07, 6.45) is 12.7. The Hall–Kier alpha value is -0.860. The minimum absolute atomic E-state index is 0.0839. The molecular weight excluding hydrogens is 374 g/mol. The molecule has 8 heteroatoms. The van der Waals surface area contributed by atoms with Crippen molar-refractivity contribution >= 4 is 16.0 Å². The molecule has 0 spiro atoms. The highest BCUT2D eigenvalue weighted by atomic mass is 32.2. The van der Waals surface area contributed by atoms with Gasteiger partial charge in [0.05, 0.1) is 5.75 Å². The van der Waals surface area contributed by atoms with Crippen molar-refractivity contribution in [2.24, 2.45) is 10.9 Å². The summed E-state index contributed by atoms with van der Waals surface area (Å²) in [5.41, 5.74) is 0. The lowest BCUT2D eigenvalue weighted by Crippen LogP contribution is -2.51. The van der Waals surface area contributed by atoms with Crippen molar-refractivity contribution in [3.05, 3.63) is 0 Å². The predicted molar refractivity (Wildman–Crippen MR) is 115 cm³/mol. The van der Waals surface area contributed by atoms with Gasteiger partial charge in [0.1, 0.15) is 0 Å². The van der Waals surface area contributed by atoms with E-state index in [0.717, 1.165) is 44.8 Å². The van der Waals surface area contributed by atoms with Gasteiger partial charge in [-0.25, -0.2) is 13.1 Å². The molecule has 28 heavy (non-hydrogen) atoms. The van der Waals surface area contributed by atoms with Gasteiger partial charge in [-0.3, -0.25) is 4.99 Å². The van der Waals surface area contributed by atoms with Gasteiger partial charge in [-0.1, -0.05) is 25.7 Å². The third kappa shape index (κ3) is 6.88. The van der Waals surface area contributed by atoms with E-state index in [1.807, 2.05) is 0 Å². The Kier molecular flexibility index (Phi) is 8.41. The Morgan fingerprint density at radius 3 is 2.32 bits per heavy atom. The number of likely N-dealkylation sites (tertiary alicyclic amines) is 1. The molecule has 1 heterocycles. The molecule has 0 aromatic rings. The van der Waals surface area contributed by atoms with Gasteiger partial charge in [0.2, 0.25) is 10.0 Å². The van der Waals surface area contributed by atoms with Crippen molar-refractivity contribution in [2.75, 3.05) is 39.0 Å². The first kappa shape index (κ1) is 21.8. The highest BCUT2D eigenvalue weighted by molar-refractivity contribution is 7.89. The summed E-state index contributed by atoms with van der Waals surface area (Å²) in [4.78, 5) is 6.95. The standard InChI is InChI=1S/C20H39N5O2S/c1-21-20(22-12-15-28(26,27)23-16-17-6-5-7-17)24-18-10-13-25(14-11-18)19-8-3-2-4-9-19/h17-19,23H,2-16H2,1H3,(H2,21,22,24). The highest BCUT2D eigenvalue weighted by Gasteiger charge is 2.26. The third-order valence-electron chi connectivity index (χ3n) is 6.66. The molecular formula is C20H39N5O2S. The van der Waals surface area contributed by atoms with Crippen LogP contribution in [0.15, 0.2) is 4.99 Å². The van der Waals surface area contributed by atoms with Crippen LogP contribution in [0.4, 0.5) is 0 Å². The van der Waals surface area contributed by atoms with Crippen LogP contribution >= 0.6 is 0 Å². The maximum absolute atomic E-state index is 12.1. The van der Waals surface area contributed by atoms with Crippen LogP contribution in [-0.2, 0) is 10.0 Å². The lowest BCUT2D eigenvalue weighted by Gasteiger charge is -2.39. The van der Waals surface area contributed by atoms with Gasteiger partial charge in [-0.05, 0) is 44.4 Å². The summed E-state index contributed by atoms with van der Waals surface area (Å²) in [7, 11) is -1.47. The Morgan fingerprint density at radius 1 is 1.00 bits per heavy atom. The van der Waals surface area contributed by atoms with E-state index in [9.17, 15) is 8.42 Å². The molecule has 1 saturated heterocycles. The maximum atomic E-state index is 12.1. The third-order valence-corrected chi connectivity index (χ3v) is 8.01. The van der Waals surface area contributed by atoms with E-state index in [1.165, 1.54) is 38.5 Å². The molecule has 3 N–H and O–H groups in total. The molecule has 0 radical (unpaired) electrons. The second-order valence-electron chi connectivity index (χ2n) is 8.71. The van der Waals surface area contributed by atoms with Gasteiger partial charge in [0.15, 0.2) is 5.96 Å². The number of sulfonamides is 1. The summed E-state index contributed by atoms with van der Waals surface area (Å²) < 4.78 is 26.9. The van der Waals surface area contributed by atoms with E-state index < -0.39 is 10.0 Å². The van der Waals surface area contributed by atoms with Crippen LogP contribution in [0.3, 0.4) is 0 Å². The smallest absolute Gasteiger partial charge is 0.213 e. The number of guanidine groups is 1. The Bertz CT molecular complexity index is 592. The second-order valence-corrected chi connectivity index (χ2v) is 10.6. The van der Waals surface area contributed by atoms with Gasteiger partial charge in [0, 0.05) is 45.3 Å².